The number of esters is 1. The third-order valence-electron chi connectivity index (χ3n) is 3.82. The standard InChI is InChI=1S/C17H25N3O3.HI/c1-4-18-17(20-9-5-6-10-20)19-12-13-7-8-15(22-2)14(11-13)16(21)23-3;/h7-8,11H,4-6,9-10,12H2,1-3H3,(H,18,19);1H. The summed E-state index contributed by atoms with van der Waals surface area (Å²) in [6.07, 6.45) is 2.42. The molecule has 134 valence electrons. The van der Waals surface area contributed by atoms with Crippen LogP contribution in [0.1, 0.15) is 35.7 Å². The molecule has 1 fully saturated rings. The number of guanidine groups is 1. The van der Waals surface area contributed by atoms with Gasteiger partial charge in [-0.05, 0) is 37.5 Å². The molecule has 6 nitrogen and oxygen atoms in total. The minimum Gasteiger partial charge on any atom is -0.496 e. The molecule has 0 radical (unpaired) electrons. The summed E-state index contributed by atoms with van der Waals surface area (Å²) in [5.41, 5.74) is 1.37. The molecule has 7 heteroatoms. The number of carbonyl (C=O) groups excluding carboxylic acids is 1. The van der Waals surface area contributed by atoms with Crippen LogP contribution in [0.25, 0.3) is 0 Å². The number of benzene rings is 1. The van der Waals surface area contributed by atoms with Gasteiger partial charge in [0.25, 0.3) is 0 Å². The first kappa shape index (κ1) is 20.5. The van der Waals surface area contributed by atoms with Crippen LogP contribution in [-0.4, -0.2) is 50.7 Å². The van der Waals surface area contributed by atoms with Gasteiger partial charge < -0.3 is 19.7 Å². The molecular weight excluding hydrogens is 421 g/mol. The molecule has 0 atom stereocenters. The van der Waals surface area contributed by atoms with Gasteiger partial charge in [-0.25, -0.2) is 9.79 Å². The maximum atomic E-state index is 11.8. The number of hydrogen-bond donors (Lipinski definition) is 1. The molecule has 24 heavy (non-hydrogen) atoms. The van der Waals surface area contributed by atoms with Crippen molar-refractivity contribution in [2.45, 2.75) is 26.3 Å². The molecule has 1 N–H and O–H groups in total. The van der Waals surface area contributed by atoms with Crippen LogP contribution < -0.4 is 10.1 Å². The van der Waals surface area contributed by atoms with Crippen LogP contribution in [0, 0.1) is 0 Å². The third kappa shape index (κ3) is 5.25. The number of nitrogens with one attached hydrogen (secondary N) is 1. The van der Waals surface area contributed by atoms with Crippen molar-refractivity contribution in [3.8, 4) is 5.75 Å². The number of halogens is 1. The van der Waals surface area contributed by atoms with E-state index in [1.54, 1.807) is 12.1 Å². The second kappa shape index (κ2) is 10.4. The van der Waals surface area contributed by atoms with Crippen molar-refractivity contribution in [2.24, 2.45) is 4.99 Å². The van der Waals surface area contributed by atoms with Crippen molar-refractivity contribution in [2.75, 3.05) is 33.9 Å². The third-order valence-corrected chi connectivity index (χ3v) is 3.82. The molecule has 1 aromatic rings. The van der Waals surface area contributed by atoms with Gasteiger partial charge in [-0.1, -0.05) is 6.07 Å². The number of nitrogens with zero attached hydrogens (tertiary/aromatic N) is 2. The molecule has 0 spiro atoms. The molecule has 1 aliphatic heterocycles. The minimum atomic E-state index is -0.404. The first-order chi connectivity index (χ1) is 11.2. The highest BCUT2D eigenvalue weighted by Crippen LogP contribution is 2.21. The Labute approximate surface area is 160 Å². The van der Waals surface area contributed by atoms with Gasteiger partial charge in [0.15, 0.2) is 5.96 Å². The smallest absolute Gasteiger partial charge is 0.341 e. The lowest BCUT2D eigenvalue weighted by Crippen LogP contribution is -2.39. The highest BCUT2D eigenvalue weighted by Gasteiger charge is 2.16. The molecule has 1 heterocycles. The molecule has 0 aromatic heterocycles. The van der Waals surface area contributed by atoms with Gasteiger partial charge in [-0.15, -0.1) is 24.0 Å². The molecule has 2 rings (SSSR count). The Hall–Kier alpha value is -1.51. The van der Waals surface area contributed by atoms with Crippen LogP contribution in [0.2, 0.25) is 0 Å². The summed E-state index contributed by atoms with van der Waals surface area (Å²) in [5, 5.41) is 3.33. The topological polar surface area (TPSA) is 63.2 Å². The van der Waals surface area contributed by atoms with Crippen molar-refractivity contribution in [3.63, 3.8) is 0 Å². The lowest BCUT2D eigenvalue weighted by Gasteiger charge is -2.20. The predicted octanol–water partition coefficient (Wildman–Crippen LogP) is 2.66. The Morgan fingerprint density at radius 2 is 2.00 bits per heavy atom. The van der Waals surface area contributed by atoms with Crippen molar-refractivity contribution in [3.05, 3.63) is 29.3 Å². The Balaban J connectivity index is 0.00000288. The molecule has 1 saturated heterocycles. The Morgan fingerprint density at radius 1 is 1.29 bits per heavy atom. The maximum absolute atomic E-state index is 11.8. The van der Waals surface area contributed by atoms with Crippen LogP contribution in [0.5, 0.6) is 5.75 Å². The highest BCUT2D eigenvalue weighted by atomic mass is 127. The van der Waals surface area contributed by atoms with E-state index in [0.29, 0.717) is 17.9 Å². The van der Waals surface area contributed by atoms with Gasteiger partial charge in [0.05, 0.1) is 20.8 Å². The fourth-order valence-electron chi connectivity index (χ4n) is 2.64. The largest absolute Gasteiger partial charge is 0.496 e. The van der Waals surface area contributed by atoms with E-state index in [0.717, 1.165) is 31.2 Å². The lowest BCUT2D eigenvalue weighted by atomic mass is 10.1. The second-order valence-electron chi connectivity index (χ2n) is 5.39. The lowest BCUT2D eigenvalue weighted by molar-refractivity contribution is 0.0597. The van der Waals surface area contributed by atoms with E-state index in [-0.39, 0.29) is 24.0 Å². The number of aliphatic imine (C=N–C) groups is 1. The SMILES string of the molecule is CCNC(=NCc1ccc(OC)c(C(=O)OC)c1)N1CCCC1.I. The zero-order valence-electron chi connectivity index (χ0n) is 14.5. The van der Waals surface area contributed by atoms with Crippen molar-refractivity contribution >= 4 is 35.9 Å². The van der Waals surface area contributed by atoms with Crippen molar-refractivity contribution in [1.29, 1.82) is 0 Å². The summed E-state index contributed by atoms with van der Waals surface area (Å²) in [5.74, 6) is 1.04. The number of rotatable bonds is 5. The zero-order chi connectivity index (χ0) is 16.7. The van der Waals surface area contributed by atoms with E-state index in [1.807, 2.05) is 6.07 Å². The van der Waals surface area contributed by atoms with Gasteiger partial charge in [-0.2, -0.15) is 0 Å². The molecule has 0 aliphatic carbocycles. The summed E-state index contributed by atoms with van der Waals surface area (Å²) >= 11 is 0. The summed E-state index contributed by atoms with van der Waals surface area (Å²) in [4.78, 5) is 18.8. The van der Waals surface area contributed by atoms with Crippen LogP contribution >= 0.6 is 24.0 Å². The number of ether oxygens (including phenoxy) is 2. The number of likely N-dealkylation sites (tertiary alicyclic amines) is 1. The van der Waals surface area contributed by atoms with E-state index >= 15 is 0 Å². The fourth-order valence-corrected chi connectivity index (χ4v) is 2.64. The van der Waals surface area contributed by atoms with Crippen LogP contribution in [0.4, 0.5) is 0 Å². The Kier molecular flexibility index (Phi) is 8.88. The minimum absolute atomic E-state index is 0. The molecule has 1 aromatic carbocycles. The molecule has 0 bridgehead atoms. The van der Waals surface area contributed by atoms with Gasteiger partial charge in [0, 0.05) is 19.6 Å². The van der Waals surface area contributed by atoms with Crippen molar-refractivity contribution < 1.29 is 14.3 Å². The van der Waals surface area contributed by atoms with Gasteiger partial charge in [0.1, 0.15) is 11.3 Å². The summed E-state index contributed by atoms with van der Waals surface area (Å²) in [7, 11) is 2.90. The quantitative estimate of drug-likeness (QED) is 0.326. The molecule has 0 unspecified atom stereocenters. The average molecular weight is 447 g/mol. The normalized spacial score (nSPS) is 14.1. The van der Waals surface area contributed by atoms with Gasteiger partial charge >= 0.3 is 5.97 Å². The van der Waals surface area contributed by atoms with E-state index in [9.17, 15) is 4.79 Å². The highest BCUT2D eigenvalue weighted by molar-refractivity contribution is 14.0. The van der Waals surface area contributed by atoms with Crippen molar-refractivity contribution in [1.82, 2.24) is 10.2 Å². The van der Waals surface area contributed by atoms with Crippen LogP contribution in [-0.2, 0) is 11.3 Å². The fraction of sp³-hybridized carbons (Fsp3) is 0.529. The zero-order valence-corrected chi connectivity index (χ0v) is 16.8. The van der Waals surface area contributed by atoms with E-state index in [4.69, 9.17) is 9.47 Å². The average Bonchev–Trinajstić information content (AvgIpc) is 3.12. The number of methoxy groups -OCH3 is 2. The number of carbonyl (C=O) groups is 1. The summed E-state index contributed by atoms with van der Waals surface area (Å²) < 4.78 is 10.0. The Morgan fingerprint density at radius 3 is 2.58 bits per heavy atom. The Bertz CT molecular complexity index is 572. The van der Waals surface area contributed by atoms with E-state index in [2.05, 4.69) is 22.1 Å². The second-order valence-corrected chi connectivity index (χ2v) is 5.39. The molecular formula is C17H26IN3O3. The predicted molar refractivity (Wildman–Crippen MR) is 105 cm³/mol. The summed E-state index contributed by atoms with van der Waals surface area (Å²) in [6.45, 7) is 5.50. The molecule has 0 saturated carbocycles. The van der Waals surface area contributed by atoms with Crippen LogP contribution in [0.3, 0.4) is 0 Å². The molecule has 1 aliphatic rings. The monoisotopic (exact) mass is 447 g/mol. The van der Waals surface area contributed by atoms with Gasteiger partial charge in [-0.3, -0.25) is 0 Å². The van der Waals surface area contributed by atoms with Crippen LogP contribution in [0.15, 0.2) is 23.2 Å². The summed E-state index contributed by atoms with van der Waals surface area (Å²) in [6, 6.07) is 5.48. The van der Waals surface area contributed by atoms with Gasteiger partial charge in [0.2, 0.25) is 0 Å². The maximum Gasteiger partial charge on any atom is 0.341 e. The van der Waals surface area contributed by atoms with E-state index in [1.165, 1.54) is 27.1 Å². The molecule has 0 amide bonds. The van der Waals surface area contributed by atoms with E-state index < -0.39 is 5.97 Å². The number of hydrogen-bond acceptors (Lipinski definition) is 4. The first-order valence-electron chi connectivity index (χ1n) is 7.98. The first-order valence-corrected chi connectivity index (χ1v) is 7.98.